The van der Waals surface area contributed by atoms with Gasteiger partial charge < -0.3 is 15.4 Å². The van der Waals surface area contributed by atoms with Crippen LogP contribution in [-0.2, 0) is 11.2 Å². The Hall–Kier alpha value is -1.55. The maximum atomic E-state index is 13.0. The number of methoxy groups -OCH3 is 1. The van der Waals surface area contributed by atoms with Crippen molar-refractivity contribution in [2.75, 3.05) is 18.6 Å². The fraction of sp³-hybridized carbons (Fsp3) is 0.588. The minimum Gasteiger partial charge on any atom is -0.497 e. The summed E-state index contributed by atoms with van der Waals surface area (Å²) in [5, 5.41) is 0. The average Bonchev–Trinajstić information content (AvgIpc) is 3.25. The molecule has 1 aromatic carbocycles. The number of benzene rings is 1. The van der Waals surface area contributed by atoms with E-state index in [1.54, 1.807) is 7.11 Å². The van der Waals surface area contributed by atoms with Crippen LogP contribution in [0.15, 0.2) is 18.2 Å². The van der Waals surface area contributed by atoms with Crippen molar-refractivity contribution < 1.29 is 9.53 Å². The van der Waals surface area contributed by atoms with Crippen molar-refractivity contribution in [1.82, 2.24) is 0 Å². The minimum absolute atomic E-state index is 0.141. The van der Waals surface area contributed by atoms with Crippen LogP contribution < -0.4 is 15.4 Å². The molecule has 1 aromatic rings. The molecule has 0 radical (unpaired) electrons. The van der Waals surface area contributed by atoms with Crippen LogP contribution >= 0.6 is 0 Å². The number of carbonyl (C=O) groups is 1. The third-order valence-electron chi connectivity index (χ3n) is 5.48. The first kappa shape index (κ1) is 13.1. The molecule has 112 valence electrons. The Balaban J connectivity index is 1.63. The molecule has 2 fully saturated rings. The molecule has 4 rings (SSSR count). The Morgan fingerprint density at radius 1 is 1.33 bits per heavy atom. The summed E-state index contributed by atoms with van der Waals surface area (Å²) in [4.78, 5) is 15.0. The Morgan fingerprint density at radius 3 is 2.86 bits per heavy atom. The van der Waals surface area contributed by atoms with Gasteiger partial charge in [-0.15, -0.1) is 0 Å². The number of nitrogens with two attached hydrogens (primary N) is 1. The van der Waals surface area contributed by atoms with Gasteiger partial charge in [-0.25, -0.2) is 0 Å². The molecule has 4 atom stereocenters. The largest absolute Gasteiger partial charge is 0.497 e. The van der Waals surface area contributed by atoms with E-state index in [-0.39, 0.29) is 17.9 Å². The van der Waals surface area contributed by atoms with E-state index in [4.69, 9.17) is 10.5 Å². The van der Waals surface area contributed by atoms with Gasteiger partial charge in [0.2, 0.25) is 5.91 Å². The van der Waals surface area contributed by atoms with Crippen molar-refractivity contribution in [2.45, 2.75) is 31.7 Å². The van der Waals surface area contributed by atoms with Gasteiger partial charge in [-0.2, -0.15) is 0 Å². The molecule has 0 unspecified atom stereocenters. The minimum atomic E-state index is 0.141. The number of hydrogen-bond donors (Lipinski definition) is 1. The maximum absolute atomic E-state index is 13.0. The Morgan fingerprint density at radius 2 is 2.19 bits per heavy atom. The second-order valence-corrected chi connectivity index (χ2v) is 6.66. The highest BCUT2D eigenvalue weighted by Gasteiger charge is 2.56. The predicted molar refractivity (Wildman–Crippen MR) is 81.3 cm³/mol. The van der Waals surface area contributed by atoms with Crippen molar-refractivity contribution in [3.63, 3.8) is 0 Å². The van der Waals surface area contributed by atoms with Crippen molar-refractivity contribution in [3.8, 4) is 5.75 Å². The van der Waals surface area contributed by atoms with Gasteiger partial charge in [0.05, 0.1) is 12.8 Å². The molecule has 1 amide bonds. The van der Waals surface area contributed by atoms with E-state index in [9.17, 15) is 4.79 Å². The zero-order chi connectivity index (χ0) is 14.6. The topological polar surface area (TPSA) is 55.6 Å². The fourth-order valence-electron chi connectivity index (χ4n) is 4.23. The van der Waals surface area contributed by atoms with Crippen molar-refractivity contribution in [2.24, 2.45) is 23.5 Å². The van der Waals surface area contributed by atoms with E-state index >= 15 is 0 Å². The summed E-state index contributed by atoms with van der Waals surface area (Å²) in [7, 11) is 1.67. The second-order valence-electron chi connectivity index (χ2n) is 6.66. The van der Waals surface area contributed by atoms with Gasteiger partial charge in [0, 0.05) is 24.6 Å². The van der Waals surface area contributed by atoms with E-state index < -0.39 is 0 Å². The van der Waals surface area contributed by atoms with E-state index in [2.05, 4.69) is 6.07 Å². The zero-order valence-electron chi connectivity index (χ0n) is 12.4. The highest BCUT2D eigenvalue weighted by Crippen LogP contribution is 2.55. The molecule has 0 spiro atoms. The van der Waals surface area contributed by atoms with Gasteiger partial charge in [-0.3, -0.25) is 4.79 Å². The quantitative estimate of drug-likeness (QED) is 0.904. The van der Waals surface area contributed by atoms with Gasteiger partial charge in [0.1, 0.15) is 5.75 Å². The number of carbonyl (C=O) groups excluding carboxylic acids is 1. The van der Waals surface area contributed by atoms with E-state index in [1.165, 1.54) is 5.56 Å². The first-order valence-corrected chi connectivity index (χ1v) is 7.93. The molecule has 1 heterocycles. The summed E-state index contributed by atoms with van der Waals surface area (Å²) in [6.07, 6.45) is 4.09. The summed E-state index contributed by atoms with van der Waals surface area (Å²) < 4.78 is 5.32. The molecule has 2 saturated carbocycles. The van der Waals surface area contributed by atoms with Crippen LogP contribution in [0, 0.1) is 17.8 Å². The van der Waals surface area contributed by atoms with Gasteiger partial charge in [0.15, 0.2) is 0 Å². The van der Waals surface area contributed by atoms with Crippen molar-refractivity contribution >= 4 is 11.6 Å². The lowest BCUT2D eigenvalue weighted by Gasteiger charge is -2.32. The molecule has 4 heteroatoms. The molecule has 1 aliphatic heterocycles. The summed E-state index contributed by atoms with van der Waals surface area (Å²) in [6, 6.07) is 6.31. The van der Waals surface area contributed by atoms with Crippen LogP contribution in [0.25, 0.3) is 0 Å². The number of amides is 1. The van der Waals surface area contributed by atoms with Crippen LogP contribution in [0.5, 0.6) is 5.75 Å². The smallest absolute Gasteiger partial charge is 0.230 e. The third-order valence-corrected chi connectivity index (χ3v) is 5.48. The summed E-state index contributed by atoms with van der Waals surface area (Å²) >= 11 is 0. The molecule has 3 aliphatic rings. The van der Waals surface area contributed by atoms with Gasteiger partial charge in [-0.1, -0.05) is 6.07 Å². The van der Waals surface area contributed by atoms with Crippen LogP contribution in [-0.4, -0.2) is 25.6 Å². The first-order valence-electron chi connectivity index (χ1n) is 7.93. The lowest BCUT2D eigenvalue weighted by molar-refractivity contribution is -0.122. The SMILES string of the molecule is COc1ccc2c(c1)N(C(=O)[C@@H]1C[C@H](N)[C@H]3C[C@H]31)CCC2. The van der Waals surface area contributed by atoms with Gasteiger partial charge >= 0.3 is 0 Å². The first-order chi connectivity index (χ1) is 10.2. The molecule has 0 saturated heterocycles. The number of hydrogen-bond acceptors (Lipinski definition) is 3. The van der Waals surface area contributed by atoms with Gasteiger partial charge in [0.25, 0.3) is 0 Å². The van der Waals surface area contributed by atoms with E-state index in [1.807, 2.05) is 17.0 Å². The number of ether oxygens (including phenoxy) is 1. The molecule has 0 bridgehead atoms. The molecule has 21 heavy (non-hydrogen) atoms. The zero-order valence-corrected chi connectivity index (χ0v) is 12.4. The fourth-order valence-corrected chi connectivity index (χ4v) is 4.23. The average molecular weight is 286 g/mol. The second kappa shape index (κ2) is 4.73. The molecular weight excluding hydrogens is 264 g/mol. The Kier molecular flexibility index (Phi) is 2.96. The third kappa shape index (κ3) is 2.04. The number of fused-ring (bicyclic) bond motifs is 2. The number of nitrogens with zero attached hydrogens (tertiary/aromatic N) is 1. The summed E-state index contributed by atoms with van der Waals surface area (Å²) in [5.41, 5.74) is 8.43. The lowest BCUT2D eigenvalue weighted by atomic mass is 9.96. The van der Waals surface area contributed by atoms with Crippen LogP contribution in [0.1, 0.15) is 24.8 Å². The van der Waals surface area contributed by atoms with Crippen LogP contribution in [0.3, 0.4) is 0 Å². The molecule has 2 aliphatic carbocycles. The highest BCUT2D eigenvalue weighted by atomic mass is 16.5. The van der Waals surface area contributed by atoms with Crippen LogP contribution in [0.2, 0.25) is 0 Å². The van der Waals surface area contributed by atoms with Crippen molar-refractivity contribution in [3.05, 3.63) is 23.8 Å². The molecule has 2 N–H and O–H groups in total. The predicted octanol–water partition coefficient (Wildman–Crippen LogP) is 1.96. The normalized spacial score (nSPS) is 33.3. The number of rotatable bonds is 2. The Labute approximate surface area is 125 Å². The van der Waals surface area contributed by atoms with E-state index in [0.717, 1.165) is 43.7 Å². The highest BCUT2D eigenvalue weighted by molar-refractivity contribution is 5.97. The van der Waals surface area contributed by atoms with Crippen molar-refractivity contribution in [1.29, 1.82) is 0 Å². The van der Waals surface area contributed by atoms with Crippen LogP contribution in [0.4, 0.5) is 5.69 Å². The summed E-state index contributed by atoms with van der Waals surface area (Å²) in [6.45, 7) is 0.822. The Bertz CT molecular complexity index is 586. The maximum Gasteiger partial charge on any atom is 0.230 e. The standard InChI is InChI=1S/C17H22N2O2/c1-21-11-5-4-10-3-2-6-19(16(10)7-11)17(20)14-9-15(18)13-8-12(13)14/h4-5,7,12-15H,2-3,6,8-9,18H2,1H3/t12-,13+,14-,15+/m1/s1. The molecule has 0 aromatic heterocycles. The number of anilines is 1. The van der Waals surface area contributed by atoms with E-state index in [0.29, 0.717) is 11.8 Å². The summed E-state index contributed by atoms with van der Waals surface area (Å²) in [5.74, 6) is 2.39. The number of aryl methyl sites for hydroxylation is 1. The monoisotopic (exact) mass is 286 g/mol. The van der Waals surface area contributed by atoms with Gasteiger partial charge in [-0.05, 0) is 49.1 Å². The lowest BCUT2D eigenvalue weighted by Crippen LogP contribution is -2.40. The molecule has 4 nitrogen and oxygen atoms in total. The molecular formula is C17H22N2O2.